The Labute approximate surface area is 137 Å². The highest BCUT2D eigenvalue weighted by Gasteiger charge is 2.07. The maximum Gasteiger partial charge on any atom is 0.224 e. The first kappa shape index (κ1) is 16.9. The molecular formula is C19H23NO3. The highest BCUT2D eigenvalue weighted by atomic mass is 16.5. The van der Waals surface area contributed by atoms with Crippen LogP contribution in [0.3, 0.4) is 0 Å². The maximum atomic E-state index is 12.0. The van der Waals surface area contributed by atoms with Gasteiger partial charge in [-0.15, -0.1) is 0 Å². The average molecular weight is 313 g/mol. The third kappa shape index (κ3) is 5.02. The second kappa shape index (κ2) is 8.22. The molecule has 0 atom stereocenters. The number of hydrogen-bond acceptors (Lipinski definition) is 3. The van der Waals surface area contributed by atoms with E-state index in [1.807, 2.05) is 56.3 Å². The fourth-order valence-electron chi connectivity index (χ4n) is 2.31. The summed E-state index contributed by atoms with van der Waals surface area (Å²) in [5.41, 5.74) is 3.06. The van der Waals surface area contributed by atoms with Gasteiger partial charge in [-0.05, 0) is 55.7 Å². The van der Waals surface area contributed by atoms with Crippen LogP contribution in [0.1, 0.15) is 24.0 Å². The van der Waals surface area contributed by atoms with Crippen molar-refractivity contribution in [3.63, 3.8) is 0 Å². The SMILES string of the molecule is COc1ccc(OCCCC(=O)Nc2c(C)cccc2C)cc1. The molecule has 1 N–H and O–H groups in total. The molecule has 0 radical (unpaired) electrons. The Balaban J connectivity index is 1.74. The van der Waals surface area contributed by atoms with Crippen molar-refractivity contribution < 1.29 is 14.3 Å². The van der Waals surface area contributed by atoms with Crippen molar-refractivity contribution in [2.45, 2.75) is 26.7 Å². The lowest BCUT2D eigenvalue weighted by Gasteiger charge is -2.11. The van der Waals surface area contributed by atoms with Crippen molar-refractivity contribution in [2.75, 3.05) is 19.0 Å². The van der Waals surface area contributed by atoms with Gasteiger partial charge in [0.05, 0.1) is 13.7 Å². The summed E-state index contributed by atoms with van der Waals surface area (Å²) in [7, 11) is 1.63. The van der Waals surface area contributed by atoms with Gasteiger partial charge in [0.2, 0.25) is 5.91 Å². The second-order valence-corrected chi connectivity index (χ2v) is 5.44. The number of aryl methyl sites for hydroxylation is 2. The van der Waals surface area contributed by atoms with Crippen molar-refractivity contribution in [1.82, 2.24) is 0 Å². The summed E-state index contributed by atoms with van der Waals surface area (Å²) in [4.78, 5) is 12.0. The van der Waals surface area contributed by atoms with Gasteiger partial charge in [0.1, 0.15) is 11.5 Å². The van der Waals surface area contributed by atoms with E-state index in [4.69, 9.17) is 9.47 Å². The Morgan fingerprint density at radius 1 is 1.00 bits per heavy atom. The van der Waals surface area contributed by atoms with Crippen molar-refractivity contribution >= 4 is 11.6 Å². The van der Waals surface area contributed by atoms with Gasteiger partial charge in [0, 0.05) is 12.1 Å². The number of carbonyl (C=O) groups is 1. The Morgan fingerprint density at radius 3 is 2.22 bits per heavy atom. The number of nitrogens with one attached hydrogen (secondary N) is 1. The van der Waals surface area contributed by atoms with Gasteiger partial charge in [0.15, 0.2) is 0 Å². The molecule has 0 bridgehead atoms. The smallest absolute Gasteiger partial charge is 0.224 e. The van der Waals surface area contributed by atoms with Crippen molar-refractivity contribution in [1.29, 1.82) is 0 Å². The minimum absolute atomic E-state index is 0.0146. The number of amides is 1. The van der Waals surface area contributed by atoms with Crippen molar-refractivity contribution in [2.24, 2.45) is 0 Å². The molecule has 2 rings (SSSR count). The lowest BCUT2D eigenvalue weighted by molar-refractivity contribution is -0.116. The van der Waals surface area contributed by atoms with E-state index in [1.54, 1.807) is 7.11 Å². The molecule has 122 valence electrons. The van der Waals surface area contributed by atoms with Gasteiger partial charge >= 0.3 is 0 Å². The average Bonchev–Trinajstić information content (AvgIpc) is 2.56. The van der Waals surface area contributed by atoms with Crippen LogP contribution in [0, 0.1) is 13.8 Å². The molecule has 2 aromatic rings. The number of hydrogen-bond donors (Lipinski definition) is 1. The lowest BCUT2D eigenvalue weighted by atomic mass is 10.1. The monoisotopic (exact) mass is 313 g/mol. The number of rotatable bonds is 7. The molecule has 0 unspecified atom stereocenters. The van der Waals surface area contributed by atoms with Crippen LogP contribution >= 0.6 is 0 Å². The minimum atomic E-state index is 0.0146. The number of benzene rings is 2. The number of carbonyl (C=O) groups excluding carboxylic acids is 1. The first-order valence-electron chi connectivity index (χ1n) is 7.73. The predicted molar refractivity (Wildman–Crippen MR) is 92.3 cm³/mol. The highest BCUT2D eigenvalue weighted by Crippen LogP contribution is 2.20. The molecule has 23 heavy (non-hydrogen) atoms. The minimum Gasteiger partial charge on any atom is -0.497 e. The zero-order valence-electron chi connectivity index (χ0n) is 13.9. The van der Waals surface area contributed by atoms with Gasteiger partial charge in [0.25, 0.3) is 0 Å². The van der Waals surface area contributed by atoms with Crippen LogP contribution in [0.25, 0.3) is 0 Å². The fraction of sp³-hybridized carbons (Fsp3) is 0.316. The summed E-state index contributed by atoms with van der Waals surface area (Å²) in [5, 5.41) is 2.98. The van der Waals surface area contributed by atoms with E-state index in [2.05, 4.69) is 5.32 Å². The maximum absolute atomic E-state index is 12.0. The molecule has 0 fully saturated rings. The fourth-order valence-corrected chi connectivity index (χ4v) is 2.31. The van der Waals surface area contributed by atoms with E-state index < -0.39 is 0 Å². The molecule has 0 aliphatic heterocycles. The predicted octanol–water partition coefficient (Wildman–Crippen LogP) is 4.11. The lowest BCUT2D eigenvalue weighted by Crippen LogP contribution is -2.14. The molecule has 4 heteroatoms. The molecule has 0 aliphatic carbocycles. The van der Waals surface area contributed by atoms with Gasteiger partial charge in [-0.25, -0.2) is 0 Å². The van der Waals surface area contributed by atoms with Crippen LogP contribution in [-0.4, -0.2) is 19.6 Å². The number of ether oxygens (including phenoxy) is 2. The van der Waals surface area contributed by atoms with Crippen LogP contribution in [0.5, 0.6) is 11.5 Å². The van der Waals surface area contributed by atoms with Crippen LogP contribution in [0.4, 0.5) is 5.69 Å². The van der Waals surface area contributed by atoms with E-state index in [9.17, 15) is 4.79 Å². The van der Waals surface area contributed by atoms with Crippen LogP contribution in [0.15, 0.2) is 42.5 Å². The summed E-state index contributed by atoms with van der Waals surface area (Å²) in [5.74, 6) is 1.59. The first-order chi connectivity index (χ1) is 11.1. The molecule has 4 nitrogen and oxygen atoms in total. The molecule has 0 spiro atoms. The Hall–Kier alpha value is -2.49. The quantitative estimate of drug-likeness (QED) is 0.783. The third-order valence-electron chi connectivity index (χ3n) is 3.62. The molecular weight excluding hydrogens is 290 g/mol. The molecule has 0 aromatic heterocycles. The van der Waals surface area contributed by atoms with E-state index in [-0.39, 0.29) is 5.91 Å². The van der Waals surface area contributed by atoms with Gasteiger partial charge in [-0.3, -0.25) is 4.79 Å². The van der Waals surface area contributed by atoms with Gasteiger partial charge in [-0.2, -0.15) is 0 Å². The zero-order valence-corrected chi connectivity index (χ0v) is 13.9. The Kier molecular flexibility index (Phi) is 6.03. The van der Waals surface area contributed by atoms with E-state index in [0.717, 1.165) is 28.3 Å². The van der Waals surface area contributed by atoms with Crippen molar-refractivity contribution in [3.8, 4) is 11.5 Å². The normalized spacial score (nSPS) is 10.2. The third-order valence-corrected chi connectivity index (χ3v) is 3.62. The van der Waals surface area contributed by atoms with Gasteiger partial charge < -0.3 is 14.8 Å². The number of anilines is 1. The summed E-state index contributed by atoms with van der Waals surface area (Å²) in [6, 6.07) is 13.4. The number of methoxy groups -OCH3 is 1. The van der Waals surface area contributed by atoms with Crippen molar-refractivity contribution in [3.05, 3.63) is 53.6 Å². The molecule has 0 saturated carbocycles. The molecule has 1 amide bonds. The summed E-state index contributed by atoms with van der Waals surface area (Å²) in [6.45, 7) is 4.50. The first-order valence-corrected chi connectivity index (χ1v) is 7.73. The van der Waals surface area contributed by atoms with Crippen LogP contribution in [-0.2, 0) is 4.79 Å². The summed E-state index contributed by atoms with van der Waals surface area (Å²) >= 11 is 0. The van der Waals surface area contributed by atoms with Crippen LogP contribution in [0.2, 0.25) is 0 Å². The Bertz CT molecular complexity index is 630. The Morgan fingerprint density at radius 2 is 1.61 bits per heavy atom. The second-order valence-electron chi connectivity index (χ2n) is 5.44. The van der Waals surface area contributed by atoms with E-state index in [1.165, 1.54) is 0 Å². The number of para-hydroxylation sites is 1. The van der Waals surface area contributed by atoms with Crippen LogP contribution < -0.4 is 14.8 Å². The largest absolute Gasteiger partial charge is 0.497 e. The molecule has 0 saturated heterocycles. The summed E-state index contributed by atoms with van der Waals surface area (Å²) < 4.78 is 10.7. The highest BCUT2D eigenvalue weighted by molar-refractivity contribution is 5.92. The standard InChI is InChI=1S/C19H23NO3/c1-14-6-4-7-15(2)19(14)20-18(21)8-5-13-23-17-11-9-16(22-3)10-12-17/h4,6-7,9-12H,5,8,13H2,1-3H3,(H,20,21). The van der Waals surface area contributed by atoms with E-state index >= 15 is 0 Å². The topological polar surface area (TPSA) is 47.6 Å². The molecule has 2 aromatic carbocycles. The van der Waals surface area contributed by atoms with E-state index in [0.29, 0.717) is 19.4 Å². The molecule has 0 heterocycles. The van der Waals surface area contributed by atoms with Gasteiger partial charge in [-0.1, -0.05) is 18.2 Å². The molecule has 0 aliphatic rings. The zero-order chi connectivity index (χ0) is 16.7. The summed E-state index contributed by atoms with van der Waals surface area (Å²) in [6.07, 6.45) is 1.10.